The summed E-state index contributed by atoms with van der Waals surface area (Å²) in [5.74, 6) is 0.868. The Balaban J connectivity index is 1.94. The molecule has 82 valence electrons. The predicted octanol–water partition coefficient (Wildman–Crippen LogP) is 3.05. The lowest BCUT2D eigenvalue weighted by atomic mass is 10.3. The highest BCUT2D eigenvalue weighted by molar-refractivity contribution is 7.99. The van der Waals surface area contributed by atoms with E-state index in [2.05, 4.69) is 9.97 Å². The molecule has 1 aliphatic rings. The lowest BCUT2D eigenvalue weighted by Gasteiger charge is -2.08. The summed E-state index contributed by atoms with van der Waals surface area (Å²) < 4.78 is 5.50. The van der Waals surface area contributed by atoms with Gasteiger partial charge in [0.15, 0.2) is 0 Å². The number of nitrogens with zero attached hydrogens (tertiary/aromatic N) is 2. The van der Waals surface area contributed by atoms with Crippen molar-refractivity contribution in [1.82, 2.24) is 9.97 Å². The third-order valence-electron chi connectivity index (χ3n) is 2.11. The molecule has 1 aromatic heterocycles. The van der Waals surface area contributed by atoms with E-state index in [9.17, 15) is 0 Å². The number of hydrogen-bond acceptors (Lipinski definition) is 4. The van der Waals surface area contributed by atoms with Gasteiger partial charge in [-0.25, -0.2) is 9.97 Å². The molecule has 2 heterocycles. The summed E-state index contributed by atoms with van der Waals surface area (Å²) in [5.41, 5.74) is 0. The van der Waals surface area contributed by atoms with E-state index in [1.165, 1.54) is 6.20 Å². The number of hydrogen-bond donors (Lipinski definition) is 0. The molecule has 15 heavy (non-hydrogen) atoms. The zero-order chi connectivity index (χ0) is 10.7. The van der Waals surface area contributed by atoms with Crippen LogP contribution in [0.2, 0.25) is 10.3 Å². The molecule has 6 heteroatoms. The Morgan fingerprint density at radius 3 is 3.13 bits per heavy atom. The Morgan fingerprint density at radius 1 is 1.53 bits per heavy atom. The molecule has 1 aromatic rings. The summed E-state index contributed by atoms with van der Waals surface area (Å²) in [6, 6.07) is 0. The SMILES string of the molecule is Clc1ncc(Cl)c(SCC2CCCO2)n1. The van der Waals surface area contributed by atoms with Crippen molar-refractivity contribution in [1.29, 1.82) is 0 Å². The minimum atomic E-state index is 0.231. The molecule has 1 saturated heterocycles. The second-order valence-electron chi connectivity index (χ2n) is 3.24. The molecular weight excluding hydrogens is 255 g/mol. The van der Waals surface area contributed by atoms with Gasteiger partial charge in [0.05, 0.1) is 17.3 Å². The van der Waals surface area contributed by atoms with Gasteiger partial charge in [0, 0.05) is 12.4 Å². The van der Waals surface area contributed by atoms with Crippen molar-refractivity contribution >= 4 is 35.0 Å². The molecule has 0 amide bonds. The normalized spacial score (nSPS) is 20.8. The Kier molecular flexibility index (Phi) is 4.08. The number of thioether (sulfide) groups is 1. The third kappa shape index (κ3) is 3.21. The zero-order valence-electron chi connectivity index (χ0n) is 7.95. The smallest absolute Gasteiger partial charge is 0.223 e. The summed E-state index contributed by atoms with van der Waals surface area (Å²) in [7, 11) is 0. The van der Waals surface area contributed by atoms with Gasteiger partial charge < -0.3 is 4.74 Å². The van der Waals surface area contributed by atoms with Crippen molar-refractivity contribution in [3.8, 4) is 0 Å². The average Bonchev–Trinajstić information content (AvgIpc) is 2.72. The van der Waals surface area contributed by atoms with E-state index in [-0.39, 0.29) is 5.28 Å². The van der Waals surface area contributed by atoms with Crippen LogP contribution in [0.3, 0.4) is 0 Å². The van der Waals surface area contributed by atoms with Crippen LogP contribution in [0, 0.1) is 0 Å². The maximum Gasteiger partial charge on any atom is 0.223 e. The van der Waals surface area contributed by atoms with Crippen LogP contribution in [-0.4, -0.2) is 28.4 Å². The zero-order valence-corrected chi connectivity index (χ0v) is 10.3. The quantitative estimate of drug-likeness (QED) is 0.478. The van der Waals surface area contributed by atoms with Gasteiger partial charge in [-0.2, -0.15) is 0 Å². The van der Waals surface area contributed by atoms with Crippen molar-refractivity contribution < 1.29 is 4.74 Å². The molecule has 0 radical (unpaired) electrons. The first-order valence-corrected chi connectivity index (χ1v) is 6.42. The monoisotopic (exact) mass is 264 g/mol. The highest BCUT2D eigenvalue weighted by Gasteiger charge is 2.16. The van der Waals surface area contributed by atoms with Crippen LogP contribution in [0.5, 0.6) is 0 Å². The fourth-order valence-corrected chi connectivity index (χ4v) is 2.77. The maximum atomic E-state index is 5.94. The standard InChI is InChI=1S/C9H10Cl2N2OS/c10-7-4-12-9(11)13-8(7)15-5-6-2-1-3-14-6/h4,6H,1-3,5H2. The number of ether oxygens (including phenoxy) is 1. The van der Waals surface area contributed by atoms with Crippen molar-refractivity contribution in [3.63, 3.8) is 0 Å². The molecule has 0 saturated carbocycles. The molecule has 1 fully saturated rings. The van der Waals surface area contributed by atoms with Crippen LogP contribution in [0.25, 0.3) is 0 Å². The van der Waals surface area contributed by atoms with Crippen LogP contribution in [-0.2, 0) is 4.74 Å². The second-order valence-corrected chi connectivity index (χ2v) is 4.99. The van der Waals surface area contributed by atoms with Crippen LogP contribution in [0.1, 0.15) is 12.8 Å². The molecule has 1 unspecified atom stereocenters. The highest BCUT2D eigenvalue weighted by Crippen LogP contribution is 2.28. The summed E-state index contributed by atoms with van der Waals surface area (Å²) >= 11 is 13.2. The third-order valence-corrected chi connectivity index (χ3v) is 3.81. The van der Waals surface area contributed by atoms with Gasteiger partial charge in [-0.3, -0.25) is 0 Å². The first-order valence-electron chi connectivity index (χ1n) is 4.68. The molecule has 2 rings (SSSR count). The van der Waals surface area contributed by atoms with Crippen LogP contribution < -0.4 is 0 Å². The number of rotatable bonds is 3. The van der Waals surface area contributed by atoms with E-state index in [4.69, 9.17) is 27.9 Å². The highest BCUT2D eigenvalue weighted by atomic mass is 35.5. The van der Waals surface area contributed by atoms with E-state index in [0.717, 1.165) is 30.2 Å². The molecule has 0 N–H and O–H groups in total. The molecule has 1 aliphatic heterocycles. The van der Waals surface area contributed by atoms with E-state index < -0.39 is 0 Å². The molecule has 0 aliphatic carbocycles. The lowest BCUT2D eigenvalue weighted by Crippen LogP contribution is -2.08. The maximum absolute atomic E-state index is 5.94. The number of aromatic nitrogens is 2. The Morgan fingerprint density at radius 2 is 2.40 bits per heavy atom. The predicted molar refractivity (Wildman–Crippen MR) is 61.8 cm³/mol. The fraction of sp³-hybridized carbons (Fsp3) is 0.556. The Bertz CT molecular complexity index is 345. The average molecular weight is 265 g/mol. The topological polar surface area (TPSA) is 35.0 Å². The van der Waals surface area contributed by atoms with E-state index in [1.807, 2.05) is 0 Å². The van der Waals surface area contributed by atoms with Gasteiger partial charge >= 0.3 is 0 Å². The van der Waals surface area contributed by atoms with Gasteiger partial charge in [0.25, 0.3) is 0 Å². The molecule has 0 bridgehead atoms. The first kappa shape index (κ1) is 11.5. The summed E-state index contributed by atoms with van der Waals surface area (Å²) in [6.07, 6.45) is 4.10. The largest absolute Gasteiger partial charge is 0.377 e. The number of halogens is 2. The fourth-order valence-electron chi connectivity index (χ4n) is 1.38. The van der Waals surface area contributed by atoms with Crippen LogP contribution in [0.4, 0.5) is 0 Å². The molecule has 1 atom stereocenters. The van der Waals surface area contributed by atoms with E-state index in [0.29, 0.717) is 11.1 Å². The summed E-state index contributed by atoms with van der Waals surface area (Å²) in [6.45, 7) is 0.865. The van der Waals surface area contributed by atoms with E-state index >= 15 is 0 Å². The van der Waals surface area contributed by atoms with Gasteiger partial charge in [-0.05, 0) is 24.4 Å². The Labute approximate surface area is 103 Å². The first-order chi connectivity index (χ1) is 7.25. The molecular formula is C9H10Cl2N2OS. The van der Waals surface area contributed by atoms with Crippen LogP contribution in [0.15, 0.2) is 11.2 Å². The van der Waals surface area contributed by atoms with Crippen LogP contribution >= 0.6 is 35.0 Å². The summed E-state index contributed by atoms with van der Waals surface area (Å²) in [5, 5.41) is 1.50. The van der Waals surface area contributed by atoms with E-state index in [1.54, 1.807) is 11.8 Å². The minimum Gasteiger partial charge on any atom is -0.377 e. The second kappa shape index (κ2) is 5.34. The molecule has 0 spiro atoms. The summed E-state index contributed by atoms with van der Waals surface area (Å²) in [4.78, 5) is 7.86. The minimum absolute atomic E-state index is 0.231. The van der Waals surface area contributed by atoms with Gasteiger partial charge in [-0.15, -0.1) is 11.8 Å². The Hall–Kier alpha value is -0.0300. The van der Waals surface area contributed by atoms with Gasteiger partial charge in [-0.1, -0.05) is 11.6 Å². The molecule has 3 nitrogen and oxygen atoms in total. The van der Waals surface area contributed by atoms with Crippen molar-refractivity contribution in [2.45, 2.75) is 24.0 Å². The van der Waals surface area contributed by atoms with Crippen molar-refractivity contribution in [2.75, 3.05) is 12.4 Å². The van der Waals surface area contributed by atoms with Crippen molar-refractivity contribution in [3.05, 3.63) is 16.5 Å². The van der Waals surface area contributed by atoms with Crippen molar-refractivity contribution in [2.24, 2.45) is 0 Å². The molecule has 0 aromatic carbocycles. The van der Waals surface area contributed by atoms with Gasteiger partial charge in [0.1, 0.15) is 5.03 Å². The van der Waals surface area contributed by atoms with Gasteiger partial charge in [0.2, 0.25) is 5.28 Å². The lowest BCUT2D eigenvalue weighted by molar-refractivity contribution is 0.129.